The van der Waals surface area contributed by atoms with Crippen LogP contribution in [0.2, 0.25) is 0 Å². The molecule has 1 aromatic heterocycles. The summed E-state index contributed by atoms with van der Waals surface area (Å²) in [6, 6.07) is 5.16. The monoisotopic (exact) mass is 388 g/mol. The molecule has 5 nitrogen and oxygen atoms in total. The summed E-state index contributed by atoms with van der Waals surface area (Å²) in [6.07, 6.45) is 7.12. The zero-order valence-electron chi connectivity index (χ0n) is 16.9. The number of nitrogens with one attached hydrogen (secondary N) is 1. The van der Waals surface area contributed by atoms with Gasteiger partial charge in [0.1, 0.15) is 11.4 Å². The molecule has 152 valence electrons. The number of fused-ring (bicyclic) bond motifs is 1. The van der Waals surface area contributed by atoms with E-state index in [1.165, 1.54) is 12.5 Å². The van der Waals surface area contributed by atoms with Crippen LogP contribution in [0.25, 0.3) is 10.8 Å². The minimum Gasteiger partial charge on any atom is -0.444 e. The molecular weight excluding hydrogens is 359 g/mol. The second kappa shape index (κ2) is 8.33. The van der Waals surface area contributed by atoms with Crippen LogP contribution >= 0.6 is 0 Å². The first-order valence-electron chi connectivity index (χ1n) is 10.0. The minimum absolute atomic E-state index is 0.160. The van der Waals surface area contributed by atoms with Crippen LogP contribution in [0.1, 0.15) is 64.4 Å². The van der Waals surface area contributed by atoms with Gasteiger partial charge in [0.2, 0.25) is 0 Å². The van der Waals surface area contributed by atoms with Crippen molar-refractivity contribution in [1.29, 1.82) is 0 Å². The van der Waals surface area contributed by atoms with Crippen LogP contribution in [-0.4, -0.2) is 34.7 Å². The topological polar surface area (TPSA) is 62.4 Å². The molecule has 1 aliphatic carbocycles. The summed E-state index contributed by atoms with van der Waals surface area (Å²) in [5.41, 5.74) is 0.298. The summed E-state index contributed by atoms with van der Waals surface area (Å²) in [7, 11) is 0. The van der Waals surface area contributed by atoms with Crippen LogP contribution < -0.4 is 5.56 Å². The molecule has 1 saturated carbocycles. The van der Waals surface area contributed by atoms with Crippen molar-refractivity contribution in [2.24, 2.45) is 0 Å². The average molecular weight is 388 g/mol. The van der Waals surface area contributed by atoms with E-state index < -0.39 is 5.82 Å². The van der Waals surface area contributed by atoms with E-state index in [-0.39, 0.29) is 22.6 Å². The molecule has 4 rings (SSSR count). The van der Waals surface area contributed by atoms with Gasteiger partial charge in [-0.2, -0.15) is 0 Å². The zero-order chi connectivity index (χ0) is 20.3. The normalized spacial score (nSPS) is 17.1. The molecule has 1 saturated heterocycles. The number of aromatic nitrogens is 1. The Morgan fingerprint density at radius 1 is 1.18 bits per heavy atom. The lowest BCUT2D eigenvalue weighted by Gasteiger charge is -2.29. The number of ether oxygens (including phenoxy) is 1. The Labute approximate surface area is 164 Å². The third kappa shape index (κ3) is 5.33. The largest absolute Gasteiger partial charge is 0.444 e. The highest BCUT2D eigenvalue weighted by molar-refractivity contribution is 5.82. The molecule has 1 aliphatic heterocycles. The minimum atomic E-state index is -0.406. The van der Waals surface area contributed by atoms with Crippen LogP contribution in [0.3, 0.4) is 0 Å². The highest BCUT2D eigenvalue weighted by atomic mass is 19.1. The van der Waals surface area contributed by atoms with Crippen LogP contribution in [-0.2, 0) is 4.74 Å². The highest BCUT2D eigenvalue weighted by Gasteiger charge is 2.25. The van der Waals surface area contributed by atoms with Crippen LogP contribution in [0, 0.1) is 5.82 Å². The highest BCUT2D eigenvalue weighted by Crippen LogP contribution is 2.41. The number of halogens is 1. The molecule has 2 fully saturated rings. The summed E-state index contributed by atoms with van der Waals surface area (Å²) in [5, 5.41) is 0.863. The van der Waals surface area contributed by atoms with E-state index in [9.17, 15) is 14.0 Å². The lowest BCUT2D eigenvalue weighted by molar-refractivity contribution is 0.0216. The quantitative estimate of drug-likeness (QED) is 0.752. The van der Waals surface area contributed by atoms with E-state index in [4.69, 9.17) is 4.74 Å². The number of amides is 1. The molecule has 2 aliphatic rings. The lowest BCUT2D eigenvalue weighted by atomic mass is 10.1. The molecule has 0 atom stereocenters. The molecule has 1 amide bonds. The maximum Gasteiger partial charge on any atom is 0.410 e. The summed E-state index contributed by atoms with van der Waals surface area (Å²) in [6.45, 7) is 7.41. The summed E-state index contributed by atoms with van der Waals surface area (Å²) >= 11 is 0. The van der Waals surface area contributed by atoms with Gasteiger partial charge in [-0.25, -0.2) is 9.18 Å². The molecule has 6 heteroatoms. The smallest absolute Gasteiger partial charge is 0.410 e. The van der Waals surface area contributed by atoms with Crippen molar-refractivity contribution in [3.8, 4) is 0 Å². The van der Waals surface area contributed by atoms with Crippen molar-refractivity contribution in [2.45, 2.75) is 64.4 Å². The second-order valence-corrected chi connectivity index (χ2v) is 8.58. The number of H-pyrrole nitrogens is 1. The Bertz CT molecular complexity index is 891. The number of hydrogen-bond donors (Lipinski definition) is 1. The number of pyridine rings is 1. The number of likely N-dealkylation sites (tertiary alicyclic amines) is 1. The SMILES string of the molecule is CC(C)(C)OC(=O)N1CCCCC1.O=c1[nH]ccc2cc(C3CC3)cc(F)c12. The maximum atomic E-state index is 13.7. The summed E-state index contributed by atoms with van der Waals surface area (Å²) in [4.78, 5) is 27.2. The van der Waals surface area contributed by atoms with Crippen molar-refractivity contribution in [3.05, 3.63) is 46.1 Å². The van der Waals surface area contributed by atoms with Gasteiger partial charge in [-0.3, -0.25) is 4.79 Å². The fraction of sp³-hybridized carbons (Fsp3) is 0.545. The van der Waals surface area contributed by atoms with Crippen LogP contribution in [0.5, 0.6) is 0 Å². The van der Waals surface area contributed by atoms with E-state index in [1.54, 1.807) is 17.2 Å². The first-order chi connectivity index (χ1) is 13.2. The second-order valence-electron chi connectivity index (χ2n) is 8.58. The molecule has 0 bridgehead atoms. The van der Waals surface area contributed by atoms with Gasteiger partial charge < -0.3 is 14.6 Å². The van der Waals surface area contributed by atoms with Gasteiger partial charge >= 0.3 is 6.09 Å². The van der Waals surface area contributed by atoms with Crippen LogP contribution in [0.15, 0.2) is 29.2 Å². The van der Waals surface area contributed by atoms with E-state index in [2.05, 4.69) is 4.98 Å². The third-order valence-electron chi connectivity index (χ3n) is 4.90. The van der Waals surface area contributed by atoms with Crippen molar-refractivity contribution in [1.82, 2.24) is 9.88 Å². The van der Waals surface area contributed by atoms with Crippen molar-refractivity contribution < 1.29 is 13.9 Å². The number of carbonyl (C=O) groups is 1. The number of hydrogen-bond acceptors (Lipinski definition) is 3. The predicted octanol–water partition coefficient (Wildman–Crippen LogP) is 4.95. The molecule has 0 spiro atoms. The summed E-state index contributed by atoms with van der Waals surface area (Å²) in [5.74, 6) is 0.0967. The van der Waals surface area contributed by atoms with Gasteiger partial charge in [0.15, 0.2) is 0 Å². The average Bonchev–Trinajstić information content (AvgIpc) is 3.46. The van der Waals surface area contributed by atoms with E-state index in [1.807, 2.05) is 26.8 Å². The zero-order valence-corrected chi connectivity index (χ0v) is 16.9. The molecule has 1 N–H and O–H groups in total. The van der Waals surface area contributed by atoms with Gasteiger partial charge in [0.05, 0.1) is 5.39 Å². The van der Waals surface area contributed by atoms with Gasteiger partial charge in [0.25, 0.3) is 5.56 Å². The standard InChI is InChI=1S/C12H10FNO.C10H19NO2/c13-10-6-9(7-1-2-7)5-8-3-4-14-12(15)11(8)10;1-10(2,3)13-9(12)11-7-5-4-6-8-11/h3-7H,1-2H2,(H,14,15);4-8H2,1-3H3. The van der Waals surface area contributed by atoms with Crippen LogP contribution in [0.4, 0.5) is 9.18 Å². The number of piperidine rings is 1. The molecule has 2 aromatic rings. The number of nitrogens with zero attached hydrogens (tertiary/aromatic N) is 1. The fourth-order valence-corrected chi connectivity index (χ4v) is 3.36. The van der Waals surface area contributed by atoms with Gasteiger partial charge in [-0.15, -0.1) is 0 Å². The molecule has 0 unspecified atom stereocenters. The third-order valence-corrected chi connectivity index (χ3v) is 4.90. The Kier molecular flexibility index (Phi) is 6.06. The molecule has 2 heterocycles. The van der Waals surface area contributed by atoms with Gasteiger partial charge in [-0.1, -0.05) is 6.07 Å². The van der Waals surface area contributed by atoms with E-state index in [0.717, 1.165) is 44.3 Å². The van der Waals surface area contributed by atoms with E-state index >= 15 is 0 Å². The molecule has 28 heavy (non-hydrogen) atoms. The Balaban J connectivity index is 0.000000163. The number of aromatic amines is 1. The molecule has 1 aromatic carbocycles. The number of rotatable bonds is 1. The van der Waals surface area contributed by atoms with Gasteiger partial charge in [-0.05, 0) is 81.9 Å². The molecule has 0 radical (unpaired) electrons. The van der Waals surface area contributed by atoms with Crippen molar-refractivity contribution in [2.75, 3.05) is 13.1 Å². The number of benzene rings is 1. The first kappa shape index (κ1) is 20.4. The van der Waals surface area contributed by atoms with E-state index in [0.29, 0.717) is 11.3 Å². The Morgan fingerprint density at radius 2 is 1.86 bits per heavy atom. The Hall–Kier alpha value is -2.37. The lowest BCUT2D eigenvalue weighted by Crippen LogP contribution is -2.39. The molecular formula is C22H29FN2O3. The fourth-order valence-electron chi connectivity index (χ4n) is 3.36. The number of carbonyl (C=O) groups excluding carboxylic acids is 1. The van der Waals surface area contributed by atoms with Crippen molar-refractivity contribution in [3.63, 3.8) is 0 Å². The van der Waals surface area contributed by atoms with Gasteiger partial charge in [0, 0.05) is 19.3 Å². The Morgan fingerprint density at radius 3 is 2.46 bits per heavy atom. The van der Waals surface area contributed by atoms with Crippen molar-refractivity contribution >= 4 is 16.9 Å². The predicted molar refractivity (Wildman–Crippen MR) is 108 cm³/mol. The first-order valence-corrected chi connectivity index (χ1v) is 10.0. The summed E-state index contributed by atoms with van der Waals surface area (Å²) < 4.78 is 18.9. The maximum absolute atomic E-state index is 13.7.